The molecule has 3 rings (SSSR count). The molecule has 0 bridgehead atoms. The van der Waals surface area contributed by atoms with Gasteiger partial charge < -0.3 is 10.6 Å². The quantitative estimate of drug-likeness (QED) is 0.930. The highest BCUT2D eigenvalue weighted by atomic mass is 35.5. The van der Waals surface area contributed by atoms with Crippen molar-refractivity contribution in [3.63, 3.8) is 0 Å². The van der Waals surface area contributed by atoms with E-state index in [1.165, 1.54) is 31.5 Å². The van der Waals surface area contributed by atoms with E-state index in [1.54, 1.807) is 0 Å². The van der Waals surface area contributed by atoms with Gasteiger partial charge in [0.15, 0.2) is 0 Å². The summed E-state index contributed by atoms with van der Waals surface area (Å²) in [7, 11) is 0. The van der Waals surface area contributed by atoms with Gasteiger partial charge in [-0.05, 0) is 42.7 Å². The summed E-state index contributed by atoms with van der Waals surface area (Å²) in [5.74, 6) is 1.64. The zero-order chi connectivity index (χ0) is 11.7. The number of hydrogen-bond donors (Lipinski definition) is 1. The summed E-state index contributed by atoms with van der Waals surface area (Å²) in [5, 5.41) is 0. The molecule has 1 saturated heterocycles. The molecule has 3 nitrogen and oxygen atoms in total. The van der Waals surface area contributed by atoms with Crippen molar-refractivity contribution in [1.29, 1.82) is 0 Å². The van der Waals surface area contributed by atoms with Gasteiger partial charge in [0.2, 0.25) is 0 Å². The molecule has 0 radical (unpaired) electrons. The van der Waals surface area contributed by atoms with E-state index in [1.807, 2.05) is 18.5 Å². The van der Waals surface area contributed by atoms with Crippen LogP contribution in [0.4, 0.5) is 0 Å². The third-order valence-electron chi connectivity index (χ3n) is 4.43. The molecule has 0 aromatic carbocycles. The van der Waals surface area contributed by atoms with Gasteiger partial charge in [0, 0.05) is 38.1 Å². The predicted octanol–water partition coefficient (Wildman–Crippen LogP) is 2.14. The van der Waals surface area contributed by atoms with E-state index in [0.29, 0.717) is 6.04 Å². The Morgan fingerprint density at radius 2 is 2.11 bits per heavy atom. The second-order valence-electron chi connectivity index (χ2n) is 5.54. The topological polar surface area (TPSA) is 42.1 Å². The van der Waals surface area contributed by atoms with Gasteiger partial charge in [0.25, 0.3) is 0 Å². The maximum absolute atomic E-state index is 6.15. The minimum Gasteiger partial charge on any atom is -0.327 e. The van der Waals surface area contributed by atoms with E-state index in [0.717, 1.165) is 24.8 Å². The van der Waals surface area contributed by atoms with Crippen LogP contribution in [0.15, 0.2) is 24.5 Å². The molecule has 2 aliphatic rings. The molecule has 0 amide bonds. The zero-order valence-corrected chi connectivity index (χ0v) is 12.7. The first-order valence-corrected chi connectivity index (χ1v) is 6.70. The molecule has 19 heavy (non-hydrogen) atoms. The first-order chi connectivity index (χ1) is 8.33. The van der Waals surface area contributed by atoms with Crippen LogP contribution in [0.2, 0.25) is 0 Å². The number of hydrogen-bond acceptors (Lipinski definition) is 3. The minimum absolute atomic E-state index is 0. The lowest BCUT2D eigenvalue weighted by Gasteiger charge is -2.18. The first-order valence-electron chi connectivity index (χ1n) is 6.70. The molecule has 0 spiro atoms. The number of pyridine rings is 1. The van der Waals surface area contributed by atoms with Crippen LogP contribution >= 0.6 is 24.8 Å². The molecular formula is C14H23Cl2N3. The van der Waals surface area contributed by atoms with Crippen LogP contribution in [0.1, 0.15) is 18.4 Å². The van der Waals surface area contributed by atoms with Crippen LogP contribution in [-0.2, 0) is 6.42 Å². The van der Waals surface area contributed by atoms with Gasteiger partial charge in [-0.3, -0.25) is 4.98 Å². The number of likely N-dealkylation sites (tertiary alicyclic amines) is 1. The maximum atomic E-state index is 6.15. The summed E-state index contributed by atoms with van der Waals surface area (Å²) in [6, 6.07) is 4.64. The number of rotatable bonds is 3. The fourth-order valence-corrected chi connectivity index (χ4v) is 3.42. The summed E-state index contributed by atoms with van der Waals surface area (Å²) in [4.78, 5) is 6.75. The van der Waals surface area contributed by atoms with Gasteiger partial charge in [-0.2, -0.15) is 0 Å². The molecule has 5 heteroatoms. The highest BCUT2D eigenvalue weighted by Gasteiger charge is 2.40. The third-order valence-corrected chi connectivity index (χ3v) is 4.43. The smallest absolute Gasteiger partial charge is 0.0300 e. The standard InChI is InChI=1S/C14H21N3.2ClH/c15-14-4-3-12-9-17(10-13(12)14)7-5-11-2-1-6-16-8-11;;/h1-2,6,8,12-14H,3-5,7,9-10,15H2;2*1H. The van der Waals surface area contributed by atoms with E-state index in [9.17, 15) is 0 Å². The predicted molar refractivity (Wildman–Crippen MR) is 83.1 cm³/mol. The lowest BCUT2D eigenvalue weighted by atomic mass is 9.98. The van der Waals surface area contributed by atoms with Crippen molar-refractivity contribution >= 4 is 24.8 Å². The summed E-state index contributed by atoms with van der Waals surface area (Å²) >= 11 is 0. The summed E-state index contributed by atoms with van der Waals surface area (Å²) < 4.78 is 0. The van der Waals surface area contributed by atoms with Gasteiger partial charge in [0.1, 0.15) is 0 Å². The second-order valence-corrected chi connectivity index (χ2v) is 5.54. The Labute approximate surface area is 127 Å². The SMILES string of the molecule is Cl.Cl.NC1CCC2CN(CCc3cccnc3)CC12. The van der Waals surface area contributed by atoms with Gasteiger partial charge in [-0.25, -0.2) is 0 Å². The van der Waals surface area contributed by atoms with E-state index in [-0.39, 0.29) is 24.8 Å². The molecular weight excluding hydrogens is 281 g/mol. The molecule has 108 valence electrons. The van der Waals surface area contributed by atoms with Crippen LogP contribution in [-0.4, -0.2) is 35.6 Å². The van der Waals surface area contributed by atoms with E-state index >= 15 is 0 Å². The second kappa shape index (κ2) is 7.44. The molecule has 1 aliphatic carbocycles. The number of halogens is 2. The van der Waals surface area contributed by atoms with Crippen molar-refractivity contribution in [2.24, 2.45) is 17.6 Å². The van der Waals surface area contributed by atoms with Crippen molar-refractivity contribution in [2.45, 2.75) is 25.3 Å². The number of nitrogens with two attached hydrogens (primary N) is 1. The van der Waals surface area contributed by atoms with Gasteiger partial charge in [-0.15, -0.1) is 24.8 Å². The highest BCUT2D eigenvalue weighted by molar-refractivity contribution is 5.85. The Bertz CT molecular complexity index is 374. The van der Waals surface area contributed by atoms with E-state index in [4.69, 9.17) is 5.73 Å². The molecule has 1 aromatic rings. The molecule has 3 atom stereocenters. The molecule has 2 heterocycles. The summed E-state index contributed by atoms with van der Waals surface area (Å²) in [6.07, 6.45) is 7.51. The normalized spacial score (nSPS) is 29.4. The van der Waals surface area contributed by atoms with Crippen LogP contribution in [0.5, 0.6) is 0 Å². The maximum Gasteiger partial charge on any atom is 0.0300 e. The monoisotopic (exact) mass is 303 g/mol. The van der Waals surface area contributed by atoms with Gasteiger partial charge in [0.05, 0.1) is 0 Å². The fourth-order valence-electron chi connectivity index (χ4n) is 3.42. The summed E-state index contributed by atoms with van der Waals surface area (Å²) in [6.45, 7) is 3.64. The Hall–Kier alpha value is -0.350. The molecule has 1 saturated carbocycles. The van der Waals surface area contributed by atoms with Crippen molar-refractivity contribution in [3.8, 4) is 0 Å². The average Bonchev–Trinajstić information content (AvgIpc) is 2.91. The van der Waals surface area contributed by atoms with Crippen LogP contribution < -0.4 is 5.73 Å². The van der Waals surface area contributed by atoms with Gasteiger partial charge >= 0.3 is 0 Å². The molecule has 2 fully saturated rings. The number of aromatic nitrogens is 1. The molecule has 1 aliphatic heterocycles. The van der Waals surface area contributed by atoms with E-state index < -0.39 is 0 Å². The van der Waals surface area contributed by atoms with Crippen LogP contribution in [0.25, 0.3) is 0 Å². The van der Waals surface area contributed by atoms with Crippen molar-refractivity contribution in [2.75, 3.05) is 19.6 Å². The Morgan fingerprint density at radius 3 is 2.79 bits per heavy atom. The lowest BCUT2D eigenvalue weighted by molar-refractivity contribution is 0.309. The minimum atomic E-state index is 0. The fraction of sp³-hybridized carbons (Fsp3) is 0.643. The number of nitrogens with zero attached hydrogens (tertiary/aromatic N) is 2. The Balaban J connectivity index is 0.000000902. The first kappa shape index (κ1) is 16.7. The average molecular weight is 304 g/mol. The zero-order valence-electron chi connectivity index (χ0n) is 11.1. The van der Waals surface area contributed by atoms with Gasteiger partial charge in [-0.1, -0.05) is 6.07 Å². The third kappa shape index (κ3) is 3.82. The van der Waals surface area contributed by atoms with Crippen molar-refractivity contribution < 1.29 is 0 Å². The van der Waals surface area contributed by atoms with Crippen molar-refractivity contribution in [3.05, 3.63) is 30.1 Å². The lowest BCUT2D eigenvalue weighted by Crippen LogP contribution is -2.31. The molecule has 3 unspecified atom stereocenters. The van der Waals surface area contributed by atoms with Crippen molar-refractivity contribution in [1.82, 2.24) is 9.88 Å². The Kier molecular flexibility index (Phi) is 6.54. The highest BCUT2D eigenvalue weighted by Crippen LogP contribution is 2.36. The number of fused-ring (bicyclic) bond motifs is 1. The molecule has 1 aromatic heterocycles. The van der Waals surface area contributed by atoms with Crippen LogP contribution in [0.3, 0.4) is 0 Å². The largest absolute Gasteiger partial charge is 0.327 e. The molecule has 2 N–H and O–H groups in total. The van der Waals surface area contributed by atoms with Crippen LogP contribution in [0, 0.1) is 11.8 Å². The Morgan fingerprint density at radius 1 is 1.26 bits per heavy atom. The van der Waals surface area contributed by atoms with E-state index in [2.05, 4.69) is 16.0 Å². The summed E-state index contributed by atoms with van der Waals surface area (Å²) in [5.41, 5.74) is 7.49.